The minimum absolute atomic E-state index is 0.0241. The third-order valence-electron chi connectivity index (χ3n) is 9.72. The molecule has 0 spiro atoms. The predicted molar refractivity (Wildman–Crippen MR) is 168 cm³/mol. The Kier molecular flexibility index (Phi) is 12.0. The van der Waals surface area contributed by atoms with E-state index in [-0.39, 0.29) is 18.9 Å². The maximum absolute atomic E-state index is 14.9. The van der Waals surface area contributed by atoms with Gasteiger partial charge < -0.3 is 40.1 Å². The maximum atomic E-state index is 14.9. The summed E-state index contributed by atoms with van der Waals surface area (Å²) >= 11 is 5.90. The highest BCUT2D eigenvalue weighted by atomic mass is 35.5. The topological polar surface area (TPSA) is 163 Å². The molecule has 3 heterocycles. The summed E-state index contributed by atoms with van der Waals surface area (Å²) in [5, 5.41) is 49.0. The molecule has 2 saturated heterocycles. The van der Waals surface area contributed by atoms with Crippen LogP contribution >= 0.6 is 11.6 Å². The van der Waals surface area contributed by atoms with E-state index in [0.717, 1.165) is 44.7 Å². The number of nitrogens with zero attached hydrogens (tertiary/aromatic N) is 5. The monoisotopic (exact) mass is 665 g/mol. The molecule has 3 fully saturated rings. The largest absolute Gasteiger partial charge is 0.493 e. The summed E-state index contributed by atoms with van der Waals surface area (Å²) in [7, 11) is 0. The zero-order valence-corrected chi connectivity index (χ0v) is 26.6. The molecule has 1 aliphatic carbocycles. The Morgan fingerprint density at radius 2 is 1.61 bits per heavy atom. The number of carbonyl (C=O) groups is 1. The second-order valence-electron chi connectivity index (χ2n) is 12.8. The van der Waals surface area contributed by atoms with Crippen LogP contribution in [-0.4, -0.2) is 135 Å². The Labute approximate surface area is 273 Å². The van der Waals surface area contributed by atoms with Crippen LogP contribution in [0.15, 0.2) is 30.6 Å². The molecule has 0 radical (unpaired) electrons. The lowest BCUT2D eigenvalue weighted by Gasteiger charge is -2.43. The third kappa shape index (κ3) is 8.82. The van der Waals surface area contributed by atoms with Crippen molar-refractivity contribution >= 4 is 23.5 Å². The molecule has 2 aliphatic heterocycles. The van der Waals surface area contributed by atoms with Gasteiger partial charge in [-0.1, -0.05) is 17.7 Å². The van der Waals surface area contributed by atoms with Gasteiger partial charge in [-0.15, -0.1) is 0 Å². The number of piperazine rings is 1. The number of piperidine rings is 1. The van der Waals surface area contributed by atoms with Crippen LogP contribution in [0.1, 0.15) is 31.2 Å². The molecule has 1 aromatic carbocycles. The van der Waals surface area contributed by atoms with Crippen LogP contribution in [-0.2, 0) is 11.2 Å². The molecule has 46 heavy (non-hydrogen) atoms. The second-order valence-corrected chi connectivity index (χ2v) is 13.3. The minimum Gasteiger partial charge on any atom is -0.493 e. The van der Waals surface area contributed by atoms with Crippen molar-refractivity contribution in [3.8, 4) is 5.75 Å². The van der Waals surface area contributed by atoms with E-state index in [9.17, 15) is 29.6 Å². The number of anilines is 1. The van der Waals surface area contributed by atoms with E-state index in [1.165, 1.54) is 6.07 Å². The van der Waals surface area contributed by atoms with Gasteiger partial charge in [-0.25, -0.2) is 14.4 Å². The van der Waals surface area contributed by atoms with E-state index in [4.69, 9.17) is 21.4 Å². The number of β-amino-alcohol motifs (C(OH)–C–C–N with tert-alkyl or cyclic N) is 1. The number of aliphatic hydroxyl groups excluding tert-OH is 5. The fraction of sp³-hybridized carbons (Fsp3) is 0.656. The fourth-order valence-corrected chi connectivity index (χ4v) is 6.81. The Hall–Kier alpha value is -2.65. The van der Waals surface area contributed by atoms with Crippen LogP contribution < -0.4 is 9.64 Å². The van der Waals surface area contributed by atoms with Crippen LogP contribution in [0.3, 0.4) is 0 Å². The lowest BCUT2D eigenvalue weighted by atomic mass is 9.66. The molecule has 12 nitrogen and oxygen atoms in total. The molecule has 1 saturated carbocycles. The molecular formula is C32H45ClFN5O7. The SMILES string of the molecule is O=C(Cc1ccc(OCC2CC(C3CCN(c4ncc(Cl)cn4)CC3)C2)cc1F)N1CCN(C[C@H](O)[C@@H](O)[C@H](O)[C@H](O)CO)CC1. The average molecular weight is 666 g/mol. The molecule has 3 aliphatic rings. The third-order valence-corrected chi connectivity index (χ3v) is 9.91. The molecule has 0 bridgehead atoms. The van der Waals surface area contributed by atoms with E-state index in [1.807, 2.05) is 4.90 Å². The van der Waals surface area contributed by atoms with Crippen molar-refractivity contribution in [1.29, 1.82) is 0 Å². The first-order valence-electron chi connectivity index (χ1n) is 16.1. The van der Waals surface area contributed by atoms with Gasteiger partial charge in [0, 0.05) is 51.9 Å². The highest BCUT2D eigenvalue weighted by Gasteiger charge is 2.37. The van der Waals surface area contributed by atoms with E-state index < -0.39 is 36.8 Å². The van der Waals surface area contributed by atoms with Gasteiger partial charge in [-0.3, -0.25) is 9.69 Å². The van der Waals surface area contributed by atoms with Gasteiger partial charge in [0.1, 0.15) is 29.9 Å². The summed E-state index contributed by atoms with van der Waals surface area (Å²) in [6.07, 6.45) is 1.41. The number of rotatable bonds is 13. The smallest absolute Gasteiger partial charge is 0.227 e. The van der Waals surface area contributed by atoms with Crippen molar-refractivity contribution in [3.63, 3.8) is 0 Å². The van der Waals surface area contributed by atoms with E-state index in [1.54, 1.807) is 29.4 Å². The number of hydrogen-bond donors (Lipinski definition) is 5. The van der Waals surface area contributed by atoms with E-state index in [2.05, 4.69) is 14.9 Å². The Bertz CT molecular complexity index is 1270. The number of hydrogen-bond acceptors (Lipinski definition) is 11. The first-order chi connectivity index (χ1) is 22.1. The minimum atomic E-state index is -1.68. The zero-order valence-electron chi connectivity index (χ0n) is 25.9. The normalized spacial score (nSPS) is 23.8. The quantitative estimate of drug-likeness (QED) is 0.205. The Morgan fingerprint density at radius 1 is 0.957 bits per heavy atom. The summed E-state index contributed by atoms with van der Waals surface area (Å²) in [4.78, 5) is 27.2. The first kappa shape index (κ1) is 34.7. The Morgan fingerprint density at radius 3 is 2.24 bits per heavy atom. The van der Waals surface area contributed by atoms with E-state index >= 15 is 0 Å². The number of aromatic nitrogens is 2. The molecule has 14 heteroatoms. The van der Waals surface area contributed by atoms with Crippen LogP contribution in [0.25, 0.3) is 0 Å². The number of amides is 1. The van der Waals surface area contributed by atoms with Gasteiger partial charge in [-0.05, 0) is 55.1 Å². The van der Waals surface area contributed by atoms with Gasteiger partial charge in [0.25, 0.3) is 0 Å². The standard InChI is InChI=1S/C32H45ClFN5O7/c33-24-15-35-32(36-16-24)39-5-3-21(4-6-39)23-11-20(12-23)19-46-25-2-1-22(26(34)14-25)13-29(43)38-9-7-37(8-10-38)17-27(41)30(44)31(45)28(42)18-40/h1-2,14-16,20-21,23,27-28,30-31,40-42,44-45H,3-13,17-19H2/t20?,23?,27-,28+,30+,31+/m0/s1. The molecule has 1 aromatic heterocycles. The van der Waals surface area contributed by atoms with Gasteiger partial charge in [0.15, 0.2) is 0 Å². The van der Waals surface area contributed by atoms with Crippen LogP contribution in [0.2, 0.25) is 5.02 Å². The van der Waals surface area contributed by atoms with Gasteiger partial charge in [-0.2, -0.15) is 0 Å². The van der Waals surface area contributed by atoms with Crippen molar-refractivity contribution in [3.05, 3.63) is 47.0 Å². The van der Waals surface area contributed by atoms with Gasteiger partial charge in [0.05, 0.1) is 43.2 Å². The van der Waals surface area contributed by atoms with Crippen molar-refractivity contribution in [2.45, 2.75) is 56.5 Å². The molecule has 254 valence electrons. The summed E-state index contributed by atoms with van der Waals surface area (Å²) in [5.41, 5.74) is 0.300. The van der Waals surface area contributed by atoms with Crippen molar-refractivity contribution < 1.29 is 39.5 Å². The van der Waals surface area contributed by atoms with Gasteiger partial charge >= 0.3 is 0 Å². The second kappa shape index (κ2) is 16.0. The summed E-state index contributed by atoms with van der Waals surface area (Å²) < 4.78 is 20.8. The maximum Gasteiger partial charge on any atom is 0.227 e. The lowest BCUT2D eigenvalue weighted by Crippen LogP contribution is -2.54. The highest BCUT2D eigenvalue weighted by molar-refractivity contribution is 6.30. The molecule has 5 rings (SSSR count). The zero-order chi connectivity index (χ0) is 32.8. The summed E-state index contributed by atoms with van der Waals surface area (Å²) in [6, 6.07) is 4.66. The predicted octanol–water partition coefficient (Wildman–Crippen LogP) is 0.713. The molecule has 4 atom stereocenters. The van der Waals surface area contributed by atoms with Crippen LogP contribution in [0.5, 0.6) is 5.75 Å². The fourth-order valence-electron chi connectivity index (χ4n) is 6.71. The number of carbonyl (C=O) groups excluding carboxylic acids is 1. The van der Waals surface area contributed by atoms with Crippen LogP contribution in [0, 0.1) is 23.6 Å². The number of aliphatic hydroxyl groups is 5. The molecule has 2 aromatic rings. The first-order valence-corrected chi connectivity index (χ1v) is 16.5. The van der Waals surface area contributed by atoms with Crippen LogP contribution in [0.4, 0.5) is 10.3 Å². The van der Waals surface area contributed by atoms with Crippen molar-refractivity contribution in [2.75, 3.05) is 63.9 Å². The molecule has 1 amide bonds. The van der Waals surface area contributed by atoms with Gasteiger partial charge in [0.2, 0.25) is 11.9 Å². The number of halogens is 2. The summed E-state index contributed by atoms with van der Waals surface area (Å²) in [5.74, 6) is 2.32. The molecule has 5 N–H and O–H groups in total. The number of benzene rings is 1. The molecule has 0 unspecified atom stereocenters. The van der Waals surface area contributed by atoms with Crippen molar-refractivity contribution in [2.24, 2.45) is 17.8 Å². The highest BCUT2D eigenvalue weighted by Crippen LogP contribution is 2.43. The number of ether oxygens (including phenoxy) is 1. The molecular weight excluding hydrogens is 621 g/mol. The Balaban J connectivity index is 0.983. The lowest BCUT2D eigenvalue weighted by molar-refractivity contribution is -0.134. The summed E-state index contributed by atoms with van der Waals surface area (Å²) in [6.45, 7) is 3.27. The van der Waals surface area contributed by atoms with E-state index in [0.29, 0.717) is 66.9 Å². The average Bonchev–Trinajstić information content (AvgIpc) is 3.05. The van der Waals surface area contributed by atoms with Crippen molar-refractivity contribution in [1.82, 2.24) is 19.8 Å².